The maximum absolute atomic E-state index is 11.9. The fourth-order valence-electron chi connectivity index (χ4n) is 1.64. The van der Waals surface area contributed by atoms with Gasteiger partial charge in [0, 0.05) is 39.0 Å². The van der Waals surface area contributed by atoms with E-state index in [4.69, 9.17) is 20.2 Å². The van der Waals surface area contributed by atoms with Crippen LogP contribution in [0.3, 0.4) is 0 Å². The van der Waals surface area contributed by atoms with Crippen LogP contribution >= 0.6 is 0 Å². The minimum absolute atomic E-state index is 0.0474. The van der Waals surface area contributed by atoms with Gasteiger partial charge in [0.1, 0.15) is 11.6 Å². The lowest BCUT2D eigenvalue weighted by molar-refractivity contribution is -0.117. The van der Waals surface area contributed by atoms with E-state index in [-0.39, 0.29) is 31.9 Å². The second-order valence-electron chi connectivity index (χ2n) is 4.71. The number of hydrogen-bond donors (Lipinski definition) is 3. The number of nitriles is 1. The molecule has 0 aliphatic rings. The number of amides is 1. The molecule has 0 heterocycles. The fraction of sp³-hybridized carbons (Fsp3) is 0.733. The quantitative estimate of drug-likeness (QED) is 0.251. The molecule has 7 nitrogen and oxygen atoms in total. The summed E-state index contributed by atoms with van der Waals surface area (Å²) < 4.78 is 5.38. The lowest BCUT2D eigenvalue weighted by Gasteiger charge is -2.18. The highest BCUT2D eigenvalue weighted by Crippen LogP contribution is 1.98. The molecule has 0 bridgehead atoms. The molecule has 0 rings (SSSR count). The molecule has 0 unspecified atom stereocenters. The number of nitrogens with zero attached hydrogens (tertiary/aromatic N) is 2. The van der Waals surface area contributed by atoms with E-state index >= 15 is 0 Å². The van der Waals surface area contributed by atoms with Gasteiger partial charge in [-0.2, -0.15) is 5.26 Å². The molecule has 3 N–H and O–H groups in total. The molecule has 0 aromatic heterocycles. The predicted octanol–water partition coefficient (Wildman–Crippen LogP) is 0.00348. The second kappa shape index (κ2) is 14.3. The Morgan fingerprint density at radius 2 is 1.91 bits per heavy atom. The van der Waals surface area contributed by atoms with Gasteiger partial charge in [-0.05, 0) is 12.8 Å². The monoisotopic (exact) mass is 313 g/mol. The molecule has 0 aliphatic carbocycles. The average molecular weight is 313 g/mol. The van der Waals surface area contributed by atoms with Crippen LogP contribution in [-0.2, 0) is 9.53 Å². The van der Waals surface area contributed by atoms with Crippen LogP contribution in [0.25, 0.3) is 0 Å². The Morgan fingerprint density at radius 3 is 2.45 bits per heavy atom. The van der Waals surface area contributed by atoms with E-state index in [0.29, 0.717) is 19.6 Å². The zero-order valence-electron chi connectivity index (χ0n) is 13.3. The third kappa shape index (κ3) is 10.2. The lowest BCUT2D eigenvalue weighted by Crippen LogP contribution is -2.30. The number of ether oxygens (including phenoxy) is 1. The third-order valence-electron chi connectivity index (χ3n) is 2.84. The minimum Gasteiger partial charge on any atom is -0.395 e. The molecule has 0 aliphatic heterocycles. The molecule has 0 saturated heterocycles. The van der Waals surface area contributed by atoms with Crippen LogP contribution < -0.4 is 5.32 Å². The van der Waals surface area contributed by atoms with Crippen LogP contribution in [-0.4, -0.2) is 67.1 Å². The molecule has 0 atom stereocenters. The SMILES string of the molecule is CCCCOCCCNC(=O)/C(C#N)=C\N(CCO)CCO. The molecule has 0 fully saturated rings. The number of aliphatic hydroxyl groups excluding tert-OH is 2. The zero-order chi connectivity index (χ0) is 16.6. The van der Waals surface area contributed by atoms with Gasteiger partial charge in [0.05, 0.1) is 13.2 Å². The Balaban J connectivity index is 4.15. The largest absolute Gasteiger partial charge is 0.395 e. The molecule has 7 heteroatoms. The maximum Gasteiger partial charge on any atom is 0.263 e. The Kier molecular flexibility index (Phi) is 13.3. The maximum atomic E-state index is 11.9. The van der Waals surface area contributed by atoms with Crippen molar-refractivity contribution in [3.05, 3.63) is 11.8 Å². The summed E-state index contributed by atoms with van der Waals surface area (Å²) in [7, 11) is 0. The van der Waals surface area contributed by atoms with Gasteiger partial charge in [-0.25, -0.2) is 0 Å². The van der Waals surface area contributed by atoms with E-state index in [2.05, 4.69) is 12.2 Å². The number of rotatable bonds is 13. The van der Waals surface area contributed by atoms with Gasteiger partial charge < -0.3 is 25.2 Å². The van der Waals surface area contributed by atoms with E-state index < -0.39 is 5.91 Å². The Labute approximate surface area is 132 Å². The van der Waals surface area contributed by atoms with Crippen molar-refractivity contribution in [2.45, 2.75) is 26.2 Å². The smallest absolute Gasteiger partial charge is 0.263 e. The van der Waals surface area contributed by atoms with E-state index in [1.165, 1.54) is 11.1 Å². The van der Waals surface area contributed by atoms with E-state index in [1.807, 2.05) is 6.07 Å². The summed E-state index contributed by atoms with van der Waals surface area (Å²) in [6, 6.07) is 1.83. The molecular formula is C15H27N3O4. The first-order chi connectivity index (χ1) is 10.7. The van der Waals surface area contributed by atoms with Gasteiger partial charge in [-0.3, -0.25) is 4.79 Å². The van der Waals surface area contributed by atoms with E-state index in [1.54, 1.807) is 0 Å². The molecule has 126 valence electrons. The van der Waals surface area contributed by atoms with Crippen molar-refractivity contribution < 1.29 is 19.7 Å². The molecular weight excluding hydrogens is 286 g/mol. The van der Waals surface area contributed by atoms with Crippen LogP contribution in [0.2, 0.25) is 0 Å². The highest BCUT2D eigenvalue weighted by molar-refractivity contribution is 5.97. The molecule has 0 aromatic carbocycles. The molecule has 1 amide bonds. The first kappa shape index (κ1) is 20.4. The summed E-state index contributed by atoms with van der Waals surface area (Å²) in [5, 5.41) is 29.5. The summed E-state index contributed by atoms with van der Waals surface area (Å²) in [5.41, 5.74) is -0.0474. The van der Waals surface area contributed by atoms with Crippen molar-refractivity contribution in [3.8, 4) is 6.07 Å². The number of carbonyl (C=O) groups excluding carboxylic acids is 1. The normalized spacial score (nSPS) is 11.1. The van der Waals surface area contributed by atoms with Crippen molar-refractivity contribution in [2.75, 3.05) is 46.1 Å². The van der Waals surface area contributed by atoms with E-state index in [0.717, 1.165) is 19.4 Å². The standard InChI is InChI=1S/C15H27N3O4/c1-2-3-10-22-11-4-5-17-15(21)14(12-16)13-18(6-8-19)7-9-20/h13,19-20H,2-11H2,1H3,(H,17,21)/b14-13-. The Morgan fingerprint density at radius 1 is 1.27 bits per heavy atom. The van der Waals surface area contributed by atoms with Crippen molar-refractivity contribution >= 4 is 5.91 Å². The number of nitrogens with one attached hydrogen (secondary N) is 1. The summed E-state index contributed by atoms with van der Waals surface area (Å²) >= 11 is 0. The predicted molar refractivity (Wildman–Crippen MR) is 82.8 cm³/mol. The van der Waals surface area contributed by atoms with Crippen molar-refractivity contribution in [2.24, 2.45) is 0 Å². The number of aliphatic hydroxyl groups is 2. The van der Waals surface area contributed by atoms with Crippen molar-refractivity contribution in [1.29, 1.82) is 5.26 Å². The minimum atomic E-state index is -0.461. The topological polar surface area (TPSA) is 106 Å². The van der Waals surface area contributed by atoms with Gasteiger partial charge >= 0.3 is 0 Å². The zero-order valence-corrected chi connectivity index (χ0v) is 13.3. The number of hydrogen-bond acceptors (Lipinski definition) is 6. The summed E-state index contributed by atoms with van der Waals surface area (Å²) in [4.78, 5) is 13.4. The molecule has 0 saturated carbocycles. The van der Waals surface area contributed by atoms with Gasteiger partial charge in [-0.1, -0.05) is 13.3 Å². The molecule has 0 aromatic rings. The van der Waals surface area contributed by atoms with Gasteiger partial charge in [0.2, 0.25) is 0 Å². The number of carbonyl (C=O) groups is 1. The van der Waals surface area contributed by atoms with Crippen LogP contribution in [0, 0.1) is 11.3 Å². The fourth-order valence-corrected chi connectivity index (χ4v) is 1.64. The Hall–Kier alpha value is -1.62. The Bertz CT molecular complexity index is 360. The molecule has 0 radical (unpaired) electrons. The second-order valence-corrected chi connectivity index (χ2v) is 4.71. The van der Waals surface area contributed by atoms with Crippen LogP contribution in [0.4, 0.5) is 0 Å². The van der Waals surface area contributed by atoms with Crippen LogP contribution in [0.1, 0.15) is 26.2 Å². The summed E-state index contributed by atoms with van der Waals surface area (Å²) in [5.74, 6) is -0.461. The van der Waals surface area contributed by atoms with Gasteiger partial charge in [0.25, 0.3) is 5.91 Å². The van der Waals surface area contributed by atoms with E-state index in [9.17, 15) is 4.79 Å². The summed E-state index contributed by atoms with van der Waals surface area (Å²) in [6.07, 6.45) is 4.16. The highest BCUT2D eigenvalue weighted by Gasteiger charge is 2.10. The van der Waals surface area contributed by atoms with Crippen LogP contribution in [0.5, 0.6) is 0 Å². The van der Waals surface area contributed by atoms with Gasteiger partial charge in [0.15, 0.2) is 0 Å². The first-order valence-electron chi connectivity index (χ1n) is 7.63. The average Bonchev–Trinajstić information content (AvgIpc) is 2.51. The van der Waals surface area contributed by atoms with Crippen LogP contribution in [0.15, 0.2) is 11.8 Å². The first-order valence-corrected chi connectivity index (χ1v) is 7.63. The van der Waals surface area contributed by atoms with Crippen molar-refractivity contribution in [1.82, 2.24) is 10.2 Å². The van der Waals surface area contributed by atoms with Gasteiger partial charge in [-0.15, -0.1) is 0 Å². The third-order valence-corrected chi connectivity index (χ3v) is 2.84. The van der Waals surface area contributed by atoms with Crippen molar-refractivity contribution in [3.63, 3.8) is 0 Å². The molecule has 0 spiro atoms. The lowest BCUT2D eigenvalue weighted by atomic mass is 10.2. The summed E-state index contributed by atoms with van der Waals surface area (Å²) in [6.45, 7) is 4.10. The highest BCUT2D eigenvalue weighted by atomic mass is 16.5. The molecule has 22 heavy (non-hydrogen) atoms. The number of unbranched alkanes of at least 4 members (excludes halogenated alkanes) is 1.